The third-order valence-electron chi connectivity index (χ3n) is 2.39. The topological polar surface area (TPSA) is 110 Å². The number of nitrogens with two attached hydrogens (primary N) is 2. The fraction of sp³-hybridized carbons (Fsp3) is 0.500. The molecular weight excluding hydrogens is 184 g/mol. The van der Waals surface area contributed by atoms with Crippen LogP contribution in [0, 0.1) is 11.8 Å². The van der Waals surface area contributed by atoms with Gasteiger partial charge in [-0.3, -0.25) is 20.4 Å². The molecule has 2 atom stereocenters. The Morgan fingerprint density at radius 1 is 1.00 bits per heavy atom. The van der Waals surface area contributed by atoms with Gasteiger partial charge < -0.3 is 0 Å². The number of carbonyl (C=O) groups is 2. The second-order valence-corrected chi connectivity index (χ2v) is 3.17. The summed E-state index contributed by atoms with van der Waals surface area (Å²) in [5.74, 6) is 8.53. The molecular formula is C8H14N4O2. The van der Waals surface area contributed by atoms with Gasteiger partial charge in [0.15, 0.2) is 0 Å². The summed E-state index contributed by atoms with van der Waals surface area (Å²) in [7, 11) is 0. The average molecular weight is 198 g/mol. The number of rotatable bonds is 2. The third-order valence-corrected chi connectivity index (χ3v) is 2.39. The number of hydrogen-bond acceptors (Lipinski definition) is 4. The Balaban J connectivity index is 2.75. The predicted molar refractivity (Wildman–Crippen MR) is 50.0 cm³/mol. The molecule has 0 saturated heterocycles. The van der Waals surface area contributed by atoms with E-state index in [9.17, 15) is 9.59 Å². The molecule has 0 heterocycles. The molecule has 14 heavy (non-hydrogen) atoms. The summed E-state index contributed by atoms with van der Waals surface area (Å²) >= 11 is 0. The van der Waals surface area contributed by atoms with Gasteiger partial charge in [-0.2, -0.15) is 0 Å². The van der Waals surface area contributed by atoms with Crippen molar-refractivity contribution in [2.75, 3.05) is 0 Å². The van der Waals surface area contributed by atoms with Gasteiger partial charge in [-0.05, 0) is 12.8 Å². The van der Waals surface area contributed by atoms with Crippen LogP contribution in [-0.4, -0.2) is 11.8 Å². The van der Waals surface area contributed by atoms with Crippen LogP contribution in [0.1, 0.15) is 12.8 Å². The molecule has 0 fully saturated rings. The largest absolute Gasteiger partial charge is 0.294 e. The molecule has 0 bridgehead atoms. The van der Waals surface area contributed by atoms with E-state index in [2.05, 4.69) is 0 Å². The highest BCUT2D eigenvalue weighted by Crippen LogP contribution is 2.25. The van der Waals surface area contributed by atoms with Gasteiger partial charge in [-0.1, -0.05) is 12.2 Å². The minimum absolute atomic E-state index is 0.331. The highest BCUT2D eigenvalue weighted by Gasteiger charge is 2.33. The maximum Gasteiger partial charge on any atom is 0.238 e. The van der Waals surface area contributed by atoms with Crippen molar-refractivity contribution in [2.24, 2.45) is 23.5 Å². The summed E-state index contributed by atoms with van der Waals surface area (Å²) in [6.07, 6.45) is 4.75. The molecule has 1 aliphatic rings. The molecule has 78 valence electrons. The Morgan fingerprint density at radius 3 is 1.64 bits per heavy atom. The molecule has 0 saturated carbocycles. The van der Waals surface area contributed by atoms with Gasteiger partial charge in [0.1, 0.15) is 0 Å². The van der Waals surface area contributed by atoms with Crippen molar-refractivity contribution >= 4 is 11.8 Å². The van der Waals surface area contributed by atoms with Gasteiger partial charge in [-0.25, -0.2) is 11.7 Å². The Morgan fingerprint density at radius 2 is 1.36 bits per heavy atom. The highest BCUT2D eigenvalue weighted by atomic mass is 16.2. The minimum atomic E-state index is -0.423. The molecule has 6 nitrogen and oxygen atoms in total. The summed E-state index contributed by atoms with van der Waals surface area (Å²) in [5.41, 5.74) is 4.10. The van der Waals surface area contributed by atoms with Crippen molar-refractivity contribution in [1.82, 2.24) is 10.9 Å². The predicted octanol–water partition coefficient (Wildman–Crippen LogP) is -1.45. The lowest BCUT2D eigenvalue weighted by atomic mass is 9.82. The van der Waals surface area contributed by atoms with Crippen molar-refractivity contribution in [3.05, 3.63) is 12.2 Å². The van der Waals surface area contributed by atoms with Crippen LogP contribution in [0.5, 0.6) is 0 Å². The van der Waals surface area contributed by atoms with Crippen LogP contribution < -0.4 is 22.5 Å². The lowest BCUT2D eigenvalue weighted by Crippen LogP contribution is -2.46. The van der Waals surface area contributed by atoms with E-state index >= 15 is 0 Å². The average Bonchev–Trinajstić information content (AvgIpc) is 2.27. The van der Waals surface area contributed by atoms with E-state index < -0.39 is 11.8 Å². The quantitative estimate of drug-likeness (QED) is 0.188. The molecule has 0 aromatic carbocycles. The second kappa shape index (κ2) is 4.73. The maximum atomic E-state index is 11.3. The van der Waals surface area contributed by atoms with Crippen LogP contribution in [0.25, 0.3) is 0 Å². The second-order valence-electron chi connectivity index (χ2n) is 3.17. The summed E-state index contributed by atoms with van der Waals surface area (Å²) < 4.78 is 0. The van der Waals surface area contributed by atoms with Gasteiger partial charge in [0.2, 0.25) is 11.8 Å². The molecule has 0 aliphatic heterocycles. The molecule has 0 radical (unpaired) electrons. The molecule has 6 N–H and O–H groups in total. The first-order chi connectivity index (χ1) is 6.70. The number of allylic oxidation sites excluding steroid dienone is 2. The monoisotopic (exact) mass is 198 g/mol. The molecule has 0 spiro atoms. The van der Waals surface area contributed by atoms with Gasteiger partial charge in [0.25, 0.3) is 0 Å². The zero-order valence-electron chi connectivity index (χ0n) is 7.69. The minimum Gasteiger partial charge on any atom is -0.294 e. The smallest absolute Gasteiger partial charge is 0.238 e. The maximum absolute atomic E-state index is 11.3. The lowest BCUT2D eigenvalue weighted by Gasteiger charge is -2.24. The van der Waals surface area contributed by atoms with Crippen molar-refractivity contribution < 1.29 is 9.59 Å². The van der Waals surface area contributed by atoms with Crippen LogP contribution in [0.4, 0.5) is 0 Å². The SMILES string of the molecule is NNC(=O)C1CC=CCC1C(=O)NN. The first-order valence-corrected chi connectivity index (χ1v) is 4.36. The fourth-order valence-corrected chi connectivity index (χ4v) is 1.61. The van der Waals surface area contributed by atoms with E-state index in [0.717, 1.165) is 0 Å². The van der Waals surface area contributed by atoms with E-state index in [1.54, 1.807) is 0 Å². The Bertz CT molecular complexity index is 238. The number of nitrogens with one attached hydrogen (secondary N) is 2. The lowest BCUT2D eigenvalue weighted by molar-refractivity contribution is -0.135. The normalized spacial score (nSPS) is 25.6. The van der Waals surface area contributed by atoms with Gasteiger partial charge >= 0.3 is 0 Å². The third kappa shape index (κ3) is 2.09. The van der Waals surface area contributed by atoms with Crippen LogP contribution in [0.15, 0.2) is 12.2 Å². The summed E-state index contributed by atoms with van der Waals surface area (Å²) in [5, 5.41) is 0. The standard InChI is InChI=1S/C8H14N4O2/c9-11-7(13)5-3-1-2-4-6(5)8(14)12-10/h1-2,5-6H,3-4,9-10H2,(H,11,13)(H,12,14). The zero-order chi connectivity index (χ0) is 10.6. The molecule has 1 rings (SSSR count). The van der Waals surface area contributed by atoms with Gasteiger partial charge in [0.05, 0.1) is 11.8 Å². The van der Waals surface area contributed by atoms with E-state index in [0.29, 0.717) is 12.8 Å². The molecule has 2 amide bonds. The molecule has 0 aromatic rings. The zero-order valence-corrected chi connectivity index (χ0v) is 7.69. The van der Waals surface area contributed by atoms with Crippen molar-refractivity contribution in [2.45, 2.75) is 12.8 Å². The number of hydrogen-bond donors (Lipinski definition) is 4. The van der Waals surface area contributed by atoms with Crippen molar-refractivity contribution in [1.29, 1.82) is 0 Å². The first kappa shape index (κ1) is 10.7. The Kier molecular flexibility index (Phi) is 3.61. The van der Waals surface area contributed by atoms with Crippen LogP contribution in [0.2, 0.25) is 0 Å². The molecule has 2 unspecified atom stereocenters. The number of amides is 2. The summed E-state index contributed by atoms with van der Waals surface area (Å²) in [4.78, 5) is 22.6. The first-order valence-electron chi connectivity index (χ1n) is 4.36. The fourth-order valence-electron chi connectivity index (χ4n) is 1.61. The Labute approximate surface area is 81.6 Å². The number of hydrazine groups is 2. The molecule has 1 aliphatic carbocycles. The van der Waals surface area contributed by atoms with E-state index in [4.69, 9.17) is 11.7 Å². The van der Waals surface area contributed by atoms with E-state index in [1.165, 1.54) is 0 Å². The van der Waals surface area contributed by atoms with Crippen LogP contribution in [0.3, 0.4) is 0 Å². The summed E-state index contributed by atoms with van der Waals surface area (Å²) in [6.45, 7) is 0. The van der Waals surface area contributed by atoms with Gasteiger partial charge in [-0.15, -0.1) is 0 Å². The Hall–Kier alpha value is -1.40. The highest BCUT2D eigenvalue weighted by molar-refractivity contribution is 5.87. The van der Waals surface area contributed by atoms with E-state index in [-0.39, 0.29) is 11.8 Å². The summed E-state index contributed by atoms with van der Waals surface area (Å²) in [6, 6.07) is 0. The van der Waals surface area contributed by atoms with Crippen molar-refractivity contribution in [3.8, 4) is 0 Å². The number of carbonyl (C=O) groups excluding carboxylic acids is 2. The molecule has 6 heteroatoms. The van der Waals surface area contributed by atoms with Crippen LogP contribution >= 0.6 is 0 Å². The van der Waals surface area contributed by atoms with E-state index in [1.807, 2.05) is 23.0 Å². The molecule has 0 aromatic heterocycles. The van der Waals surface area contributed by atoms with Crippen LogP contribution in [-0.2, 0) is 9.59 Å². The van der Waals surface area contributed by atoms with Gasteiger partial charge in [0, 0.05) is 0 Å². The van der Waals surface area contributed by atoms with Crippen molar-refractivity contribution in [3.63, 3.8) is 0 Å².